The van der Waals surface area contributed by atoms with Crippen molar-refractivity contribution in [2.24, 2.45) is 0 Å². The molecule has 0 bridgehead atoms. The van der Waals surface area contributed by atoms with Gasteiger partial charge in [0.1, 0.15) is 5.82 Å². The van der Waals surface area contributed by atoms with Gasteiger partial charge < -0.3 is 10.1 Å². The molecule has 5 nitrogen and oxygen atoms in total. The first-order valence-electron chi connectivity index (χ1n) is 7.54. The Labute approximate surface area is 147 Å². The Hall–Kier alpha value is -2.67. The number of hydrogen-bond acceptors (Lipinski definition) is 5. The summed E-state index contributed by atoms with van der Waals surface area (Å²) in [5.74, 6) is -2.27. The first-order valence-corrected chi connectivity index (χ1v) is 8.42. The maximum Gasteiger partial charge on any atom is 0.307 e. The summed E-state index contributed by atoms with van der Waals surface area (Å²) in [4.78, 5) is 36.7. The van der Waals surface area contributed by atoms with E-state index in [1.54, 1.807) is 6.07 Å². The molecular formula is C18H14FNO4S. The van der Waals surface area contributed by atoms with Gasteiger partial charge in [-0.05, 0) is 24.3 Å². The van der Waals surface area contributed by atoms with Gasteiger partial charge in [-0.3, -0.25) is 14.4 Å². The van der Waals surface area contributed by atoms with Gasteiger partial charge in [0.15, 0.2) is 6.61 Å². The quantitative estimate of drug-likeness (QED) is 0.656. The van der Waals surface area contributed by atoms with E-state index in [2.05, 4.69) is 5.32 Å². The van der Waals surface area contributed by atoms with E-state index in [0.717, 1.165) is 11.0 Å². The number of ketones is 1. The van der Waals surface area contributed by atoms with Crippen LogP contribution in [-0.2, 0) is 14.3 Å². The van der Waals surface area contributed by atoms with Gasteiger partial charge in [0.25, 0.3) is 0 Å². The molecule has 1 heterocycles. The van der Waals surface area contributed by atoms with Crippen LogP contribution in [0.1, 0.15) is 16.8 Å². The smallest absolute Gasteiger partial charge is 0.307 e. The number of fused-ring (bicyclic) bond motifs is 1. The molecule has 1 amide bonds. The topological polar surface area (TPSA) is 72.5 Å². The van der Waals surface area contributed by atoms with Crippen LogP contribution in [0.2, 0.25) is 0 Å². The molecule has 1 aliphatic heterocycles. The van der Waals surface area contributed by atoms with E-state index in [9.17, 15) is 18.8 Å². The fourth-order valence-corrected chi connectivity index (χ4v) is 3.44. The van der Waals surface area contributed by atoms with Crippen molar-refractivity contribution < 1.29 is 23.5 Å². The van der Waals surface area contributed by atoms with E-state index in [1.807, 2.05) is 18.2 Å². The summed E-state index contributed by atoms with van der Waals surface area (Å²) in [7, 11) is 0. The third-order valence-corrected chi connectivity index (χ3v) is 4.87. The highest BCUT2D eigenvalue weighted by Gasteiger charge is 2.29. The molecule has 2 aromatic carbocycles. The van der Waals surface area contributed by atoms with E-state index in [0.29, 0.717) is 5.69 Å². The predicted molar refractivity (Wildman–Crippen MR) is 91.0 cm³/mol. The van der Waals surface area contributed by atoms with Gasteiger partial charge in [0.2, 0.25) is 11.7 Å². The van der Waals surface area contributed by atoms with Gasteiger partial charge in [-0.15, -0.1) is 11.8 Å². The normalized spacial score (nSPS) is 15.9. The summed E-state index contributed by atoms with van der Waals surface area (Å²) in [5, 5.41) is 2.10. The standard InChI is InChI=1S/C18H14FNO4S/c19-12-6-2-1-5-11(12)14(21)10-24-17(22)9-16-18(23)20-13-7-3-4-8-15(13)25-16/h1-8,16H,9-10H2,(H,20,23)/t16-/m1/s1. The minimum atomic E-state index is -0.684. The highest BCUT2D eigenvalue weighted by atomic mass is 32.2. The number of thioether (sulfide) groups is 1. The second-order valence-corrected chi connectivity index (χ2v) is 6.60. The Morgan fingerprint density at radius 2 is 1.84 bits per heavy atom. The molecular weight excluding hydrogens is 345 g/mol. The van der Waals surface area contributed by atoms with Gasteiger partial charge in [-0.25, -0.2) is 4.39 Å². The van der Waals surface area contributed by atoms with Gasteiger partial charge in [-0.1, -0.05) is 24.3 Å². The number of hydrogen-bond donors (Lipinski definition) is 1. The van der Waals surface area contributed by atoms with Crippen LogP contribution >= 0.6 is 11.8 Å². The number of carbonyl (C=O) groups is 3. The zero-order valence-corrected chi connectivity index (χ0v) is 13.8. The van der Waals surface area contributed by atoms with Crippen molar-refractivity contribution in [2.45, 2.75) is 16.6 Å². The Bertz CT molecular complexity index is 839. The molecule has 0 saturated carbocycles. The van der Waals surface area contributed by atoms with Crippen molar-refractivity contribution in [1.29, 1.82) is 0 Å². The maximum absolute atomic E-state index is 13.5. The van der Waals surface area contributed by atoms with Crippen molar-refractivity contribution in [3.8, 4) is 0 Å². The highest BCUT2D eigenvalue weighted by molar-refractivity contribution is 8.01. The number of benzene rings is 2. The molecule has 0 spiro atoms. The summed E-state index contributed by atoms with van der Waals surface area (Å²) in [6.45, 7) is -0.560. The number of para-hydroxylation sites is 1. The minimum absolute atomic E-state index is 0.131. The molecule has 0 aromatic heterocycles. The van der Waals surface area contributed by atoms with Crippen LogP contribution < -0.4 is 5.32 Å². The first-order chi connectivity index (χ1) is 12.0. The highest BCUT2D eigenvalue weighted by Crippen LogP contribution is 2.36. The SMILES string of the molecule is O=C(C[C@H]1Sc2ccccc2NC1=O)OCC(=O)c1ccccc1F. The van der Waals surface area contributed by atoms with E-state index in [4.69, 9.17) is 4.74 Å². The fourth-order valence-electron chi connectivity index (χ4n) is 2.35. The summed E-state index contributed by atoms with van der Waals surface area (Å²) >= 11 is 1.27. The van der Waals surface area contributed by atoms with E-state index in [-0.39, 0.29) is 17.9 Å². The van der Waals surface area contributed by atoms with Crippen molar-refractivity contribution in [2.75, 3.05) is 11.9 Å². The Morgan fingerprint density at radius 3 is 2.64 bits per heavy atom. The number of anilines is 1. The van der Waals surface area contributed by atoms with Crippen LogP contribution in [0, 0.1) is 5.82 Å². The lowest BCUT2D eigenvalue weighted by atomic mass is 10.1. The molecule has 3 rings (SSSR count). The second kappa shape index (κ2) is 7.48. The number of Topliss-reactive ketones (excluding diaryl/α,β-unsaturated/α-hetero) is 1. The molecule has 2 aromatic rings. The van der Waals surface area contributed by atoms with Gasteiger partial charge in [-0.2, -0.15) is 0 Å². The Balaban J connectivity index is 1.56. The van der Waals surface area contributed by atoms with E-state index in [1.165, 1.54) is 30.0 Å². The lowest BCUT2D eigenvalue weighted by Crippen LogP contribution is -2.31. The summed E-state index contributed by atoms with van der Waals surface area (Å²) in [5.41, 5.74) is 0.575. The molecule has 128 valence electrons. The molecule has 1 N–H and O–H groups in total. The molecule has 25 heavy (non-hydrogen) atoms. The van der Waals surface area contributed by atoms with Crippen molar-refractivity contribution in [3.63, 3.8) is 0 Å². The van der Waals surface area contributed by atoms with E-state index >= 15 is 0 Å². The molecule has 0 unspecified atom stereocenters. The van der Waals surface area contributed by atoms with Gasteiger partial charge in [0, 0.05) is 4.90 Å². The fraction of sp³-hybridized carbons (Fsp3) is 0.167. The number of nitrogens with one attached hydrogen (secondary N) is 1. The monoisotopic (exact) mass is 359 g/mol. The summed E-state index contributed by atoms with van der Waals surface area (Å²) in [6.07, 6.45) is -0.171. The number of halogens is 1. The summed E-state index contributed by atoms with van der Waals surface area (Å²) < 4.78 is 18.4. The van der Waals surface area contributed by atoms with Crippen molar-refractivity contribution >= 4 is 35.1 Å². The zero-order valence-electron chi connectivity index (χ0n) is 13.0. The lowest BCUT2D eigenvalue weighted by Gasteiger charge is -2.23. The number of carbonyl (C=O) groups excluding carboxylic acids is 3. The molecule has 1 aliphatic rings. The van der Waals surface area contributed by atoms with Crippen LogP contribution in [0.3, 0.4) is 0 Å². The average molecular weight is 359 g/mol. The first kappa shape index (κ1) is 17.2. The maximum atomic E-state index is 13.5. The average Bonchev–Trinajstić information content (AvgIpc) is 2.61. The lowest BCUT2D eigenvalue weighted by molar-refractivity contribution is -0.143. The number of esters is 1. The van der Waals surface area contributed by atoms with Crippen molar-refractivity contribution in [1.82, 2.24) is 0 Å². The molecule has 7 heteroatoms. The van der Waals surface area contributed by atoms with E-state index < -0.39 is 29.4 Å². The largest absolute Gasteiger partial charge is 0.457 e. The zero-order chi connectivity index (χ0) is 17.8. The Morgan fingerprint density at radius 1 is 1.12 bits per heavy atom. The molecule has 0 aliphatic carbocycles. The van der Waals surface area contributed by atoms with Crippen LogP contribution in [0.5, 0.6) is 0 Å². The molecule has 1 atom stereocenters. The third kappa shape index (κ3) is 4.06. The minimum Gasteiger partial charge on any atom is -0.457 e. The van der Waals surface area contributed by atoms with Crippen LogP contribution in [-0.4, -0.2) is 29.5 Å². The number of amides is 1. The number of rotatable bonds is 5. The third-order valence-electron chi connectivity index (χ3n) is 3.60. The summed E-state index contributed by atoms with van der Waals surface area (Å²) in [6, 6.07) is 12.8. The van der Waals surface area contributed by atoms with Crippen LogP contribution in [0.25, 0.3) is 0 Å². The molecule has 0 radical (unpaired) electrons. The molecule has 0 fully saturated rings. The Kier molecular flexibility index (Phi) is 5.14. The van der Waals surface area contributed by atoms with Crippen molar-refractivity contribution in [3.05, 3.63) is 59.9 Å². The van der Waals surface area contributed by atoms with Crippen LogP contribution in [0.4, 0.5) is 10.1 Å². The molecule has 0 saturated heterocycles. The van der Waals surface area contributed by atoms with Gasteiger partial charge in [0.05, 0.1) is 22.9 Å². The van der Waals surface area contributed by atoms with Gasteiger partial charge >= 0.3 is 5.97 Å². The predicted octanol–water partition coefficient (Wildman–Crippen LogP) is 3.05. The van der Waals surface area contributed by atoms with Crippen LogP contribution in [0.15, 0.2) is 53.4 Å². The number of ether oxygens (including phenoxy) is 1. The second-order valence-electron chi connectivity index (χ2n) is 5.36.